The van der Waals surface area contributed by atoms with E-state index in [0.717, 1.165) is 11.4 Å². The topological polar surface area (TPSA) is 74.2 Å². The van der Waals surface area contributed by atoms with Gasteiger partial charge in [0.25, 0.3) is 0 Å². The Balaban J connectivity index is 1.91. The Morgan fingerprint density at radius 1 is 1.14 bits per heavy atom. The molecule has 0 amide bonds. The van der Waals surface area contributed by atoms with Crippen LogP contribution in [-0.4, -0.2) is 47.0 Å². The minimum Gasteiger partial charge on any atom is -0.463 e. The van der Waals surface area contributed by atoms with Crippen LogP contribution in [0.25, 0.3) is 11.4 Å². The van der Waals surface area contributed by atoms with Crippen LogP contribution in [0.15, 0.2) is 41.8 Å². The Bertz CT molecular complexity index is 581. The fraction of sp³-hybridized carbons (Fsp3) is 0.286. The van der Waals surface area contributed by atoms with Crippen molar-refractivity contribution >= 4 is 17.7 Å². The molecular weight excluding hydrogens is 290 g/mol. The number of rotatable bonds is 7. The molecule has 0 N–H and O–H groups in total. The van der Waals surface area contributed by atoms with E-state index in [-0.39, 0.29) is 18.3 Å². The number of nitrogens with zero attached hydrogens (tertiary/aromatic N) is 3. The highest BCUT2D eigenvalue weighted by molar-refractivity contribution is 7.99. The van der Waals surface area contributed by atoms with Crippen molar-refractivity contribution in [3.63, 3.8) is 0 Å². The molecule has 0 aromatic carbocycles. The van der Waals surface area contributed by atoms with Gasteiger partial charge in [0.05, 0.1) is 23.7 Å². The van der Waals surface area contributed by atoms with Gasteiger partial charge in [-0.25, -0.2) is 9.97 Å². The van der Waals surface area contributed by atoms with E-state index in [4.69, 9.17) is 9.47 Å². The molecule has 0 radical (unpaired) electrons. The van der Waals surface area contributed by atoms with Gasteiger partial charge < -0.3 is 9.47 Å². The molecule has 0 spiro atoms. The Hall–Kier alpha value is -1.99. The molecule has 0 aliphatic rings. The smallest absolute Gasteiger partial charge is 0.316 e. The highest BCUT2D eigenvalue weighted by atomic mass is 32.2. The Morgan fingerprint density at radius 3 is 2.81 bits per heavy atom. The largest absolute Gasteiger partial charge is 0.463 e. The summed E-state index contributed by atoms with van der Waals surface area (Å²) in [6.45, 7) is 0.646. The normalized spacial score (nSPS) is 10.3. The maximum absolute atomic E-state index is 11.5. The maximum atomic E-state index is 11.5. The molecule has 2 aromatic rings. The SMILES string of the molecule is COCCOC(=O)CSc1nccc(-c2ccccn2)n1. The summed E-state index contributed by atoms with van der Waals surface area (Å²) in [6, 6.07) is 7.39. The Labute approximate surface area is 126 Å². The number of thioether (sulfide) groups is 1. The second-order valence-corrected chi connectivity index (χ2v) is 4.88. The summed E-state index contributed by atoms with van der Waals surface area (Å²) in [5.41, 5.74) is 1.49. The van der Waals surface area contributed by atoms with Crippen LogP contribution in [0.5, 0.6) is 0 Å². The average molecular weight is 305 g/mol. The summed E-state index contributed by atoms with van der Waals surface area (Å²) in [5.74, 6) is -0.154. The minimum atomic E-state index is -0.316. The number of ether oxygens (including phenoxy) is 2. The van der Waals surface area contributed by atoms with E-state index in [1.165, 1.54) is 11.8 Å². The van der Waals surface area contributed by atoms with Gasteiger partial charge in [0, 0.05) is 19.5 Å². The van der Waals surface area contributed by atoms with Gasteiger partial charge in [0.15, 0.2) is 5.16 Å². The minimum absolute atomic E-state index is 0.162. The molecule has 0 saturated carbocycles. The molecule has 6 nitrogen and oxygen atoms in total. The molecule has 0 saturated heterocycles. The summed E-state index contributed by atoms with van der Waals surface area (Å²) in [6.07, 6.45) is 3.35. The van der Waals surface area contributed by atoms with E-state index >= 15 is 0 Å². The van der Waals surface area contributed by atoms with Crippen molar-refractivity contribution in [2.24, 2.45) is 0 Å². The molecule has 2 rings (SSSR count). The number of pyridine rings is 1. The van der Waals surface area contributed by atoms with E-state index in [1.807, 2.05) is 18.2 Å². The van der Waals surface area contributed by atoms with Crippen molar-refractivity contribution < 1.29 is 14.3 Å². The summed E-state index contributed by atoms with van der Waals surface area (Å²) in [4.78, 5) is 24.2. The lowest BCUT2D eigenvalue weighted by Gasteiger charge is -2.04. The van der Waals surface area contributed by atoms with E-state index in [9.17, 15) is 4.79 Å². The number of carbonyl (C=O) groups is 1. The summed E-state index contributed by atoms with van der Waals surface area (Å²) in [5, 5.41) is 0.516. The van der Waals surface area contributed by atoms with Crippen LogP contribution >= 0.6 is 11.8 Å². The first kappa shape index (κ1) is 15.4. The lowest BCUT2D eigenvalue weighted by molar-refractivity contribution is -0.141. The number of carbonyl (C=O) groups excluding carboxylic acids is 1. The molecule has 0 aliphatic heterocycles. The van der Waals surface area contributed by atoms with Crippen molar-refractivity contribution in [2.45, 2.75) is 5.16 Å². The number of hydrogen-bond acceptors (Lipinski definition) is 7. The highest BCUT2D eigenvalue weighted by Gasteiger charge is 2.08. The van der Waals surface area contributed by atoms with Crippen molar-refractivity contribution in [3.8, 4) is 11.4 Å². The van der Waals surface area contributed by atoms with E-state index in [0.29, 0.717) is 11.8 Å². The van der Waals surface area contributed by atoms with Crippen LogP contribution in [0.4, 0.5) is 0 Å². The van der Waals surface area contributed by atoms with Crippen molar-refractivity contribution in [1.82, 2.24) is 15.0 Å². The van der Waals surface area contributed by atoms with Crippen LogP contribution in [-0.2, 0) is 14.3 Å². The summed E-state index contributed by atoms with van der Waals surface area (Å²) >= 11 is 1.23. The van der Waals surface area contributed by atoms with Gasteiger partial charge in [0.2, 0.25) is 0 Å². The monoisotopic (exact) mass is 305 g/mol. The van der Waals surface area contributed by atoms with Gasteiger partial charge in [-0.3, -0.25) is 9.78 Å². The zero-order chi connectivity index (χ0) is 14.9. The van der Waals surface area contributed by atoms with Gasteiger partial charge >= 0.3 is 5.97 Å². The van der Waals surface area contributed by atoms with Crippen molar-refractivity contribution in [3.05, 3.63) is 36.7 Å². The number of hydrogen-bond donors (Lipinski definition) is 0. The third kappa shape index (κ3) is 5.13. The summed E-state index contributed by atoms with van der Waals surface area (Å²) < 4.78 is 9.77. The number of methoxy groups -OCH3 is 1. The second-order valence-electron chi connectivity index (χ2n) is 3.94. The predicted octanol–water partition coefficient (Wildman–Crippen LogP) is 1.82. The van der Waals surface area contributed by atoms with Crippen LogP contribution in [0.2, 0.25) is 0 Å². The Morgan fingerprint density at radius 2 is 2.05 bits per heavy atom. The third-order valence-electron chi connectivity index (χ3n) is 2.43. The predicted molar refractivity (Wildman–Crippen MR) is 78.8 cm³/mol. The molecule has 0 atom stereocenters. The van der Waals surface area contributed by atoms with Crippen LogP contribution in [0.3, 0.4) is 0 Å². The van der Waals surface area contributed by atoms with Crippen LogP contribution in [0.1, 0.15) is 0 Å². The lowest BCUT2D eigenvalue weighted by atomic mass is 10.3. The first-order valence-electron chi connectivity index (χ1n) is 6.31. The molecule has 0 bridgehead atoms. The number of esters is 1. The van der Waals surface area contributed by atoms with E-state index in [2.05, 4.69) is 15.0 Å². The molecule has 0 unspecified atom stereocenters. The molecule has 110 valence electrons. The zero-order valence-corrected chi connectivity index (χ0v) is 12.4. The van der Waals surface area contributed by atoms with Crippen LogP contribution in [0, 0.1) is 0 Å². The lowest BCUT2D eigenvalue weighted by Crippen LogP contribution is -2.11. The van der Waals surface area contributed by atoms with Gasteiger partial charge in [-0.2, -0.15) is 0 Å². The van der Waals surface area contributed by atoms with Gasteiger partial charge in [-0.15, -0.1) is 0 Å². The first-order chi connectivity index (χ1) is 10.3. The summed E-state index contributed by atoms with van der Waals surface area (Å²) in [7, 11) is 1.56. The first-order valence-corrected chi connectivity index (χ1v) is 7.30. The molecular formula is C14H15N3O3S. The maximum Gasteiger partial charge on any atom is 0.316 e. The van der Waals surface area contributed by atoms with Crippen LogP contribution < -0.4 is 0 Å². The average Bonchev–Trinajstić information content (AvgIpc) is 2.54. The van der Waals surface area contributed by atoms with E-state index < -0.39 is 0 Å². The van der Waals surface area contributed by atoms with E-state index in [1.54, 1.807) is 25.6 Å². The quantitative estimate of drug-likeness (QED) is 0.334. The number of aromatic nitrogens is 3. The van der Waals surface area contributed by atoms with Gasteiger partial charge in [-0.1, -0.05) is 17.8 Å². The fourth-order valence-corrected chi connectivity index (χ4v) is 2.10. The Kier molecular flexibility index (Phi) is 6.11. The molecule has 2 heterocycles. The molecule has 0 aliphatic carbocycles. The standard InChI is InChI=1S/C14H15N3O3S/c1-19-8-9-20-13(18)10-21-14-16-7-5-12(17-14)11-4-2-3-6-15-11/h2-7H,8-10H2,1H3. The second kappa shape index (κ2) is 8.33. The molecule has 21 heavy (non-hydrogen) atoms. The van der Waals surface area contributed by atoms with Gasteiger partial charge in [-0.05, 0) is 18.2 Å². The molecule has 0 fully saturated rings. The highest BCUT2D eigenvalue weighted by Crippen LogP contribution is 2.18. The molecule has 7 heteroatoms. The molecule has 2 aromatic heterocycles. The van der Waals surface area contributed by atoms with Crippen molar-refractivity contribution in [1.29, 1.82) is 0 Å². The third-order valence-corrected chi connectivity index (χ3v) is 3.27. The van der Waals surface area contributed by atoms with Crippen molar-refractivity contribution in [2.75, 3.05) is 26.1 Å². The van der Waals surface area contributed by atoms with Gasteiger partial charge in [0.1, 0.15) is 6.61 Å². The zero-order valence-electron chi connectivity index (χ0n) is 11.6. The fourth-order valence-electron chi connectivity index (χ4n) is 1.47.